The molecule has 1 saturated carbocycles. The van der Waals surface area contributed by atoms with Crippen LogP contribution in [-0.2, 0) is 14.9 Å². The predicted molar refractivity (Wildman–Crippen MR) is 73.8 cm³/mol. The van der Waals surface area contributed by atoms with E-state index >= 15 is 0 Å². The monoisotopic (exact) mass is 262 g/mol. The van der Waals surface area contributed by atoms with Gasteiger partial charge in [-0.15, -0.1) is 0 Å². The zero-order valence-electron chi connectivity index (χ0n) is 11.9. The van der Waals surface area contributed by atoms with Gasteiger partial charge < -0.3 is 10.1 Å². The lowest BCUT2D eigenvalue weighted by Gasteiger charge is -2.26. The number of aromatic nitrogens is 1. The van der Waals surface area contributed by atoms with Crippen molar-refractivity contribution in [2.24, 2.45) is 5.41 Å². The molecule has 104 valence electrons. The Balaban J connectivity index is 1.88. The fourth-order valence-electron chi connectivity index (χ4n) is 2.34. The van der Waals surface area contributed by atoms with Gasteiger partial charge in [0.1, 0.15) is 0 Å². The Bertz CT molecular complexity index is 439. The van der Waals surface area contributed by atoms with Crippen LogP contribution in [0, 0.1) is 5.41 Å². The molecular formula is C15H22N2O2. The summed E-state index contributed by atoms with van der Waals surface area (Å²) in [4.78, 5) is 15.7. The van der Waals surface area contributed by atoms with Crippen molar-refractivity contribution in [2.45, 2.75) is 32.1 Å². The van der Waals surface area contributed by atoms with Crippen LogP contribution in [0.15, 0.2) is 24.5 Å². The number of rotatable bonds is 6. The molecule has 1 heterocycles. The molecule has 1 aliphatic rings. The standard InChI is InChI=1S/C15H22N2O2/c1-14(2,12-4-8-16-9-5-12)10-17-11-15(6-7-15)13(18)19-3/h4-5,8-9,17H,6-7,10-11H2,1-3H3. The summed E-state index contributed by atoms with van der Waals surface area (Å²) in [6, 6.07) is 4.07. The largest absolute Gasteiger partial charge is 0.469 e. The van der Waals surface area contributed by atoms with E-state index in [0.717, 1.165) is 19.4 Å². The van der Waals surface area contributed by atoms with Crippen LogP contribution in [0.4, 0.5) is 0 Å². The fourth-order valence-corrected chi connectivity index (χ4v) is 2.34. The smallest absolute Gasteiger partial charge is 0.313 e. The molecule has 0 amide bonds. The van der Waals surface area contributed by atoms with Gasteiger partial charge in [0, 0.05) is 30.9 Å². The number of carbonyl (C=O) groups excluding carboxylic acids is 1. The number of hydrogen-bond donors (Lipinski definition) is 1. The molecule has 0 aliphatic heterocycles. The van der Waals surface area contributed by atoms with E-state index in [2.05, 4.69) is 24.1 Å². The van der Waals surface area contributed by atoms with Crippen molar-refractivity contribution >= 4 is 5.97 Å². The van der Waals surface area contributed by atoms with Crippen molar-refractivity contribution in [1.82, 2.24) is 10.3 Å². The maximum absolute atomic E-state index is 11.7. The zero-order chi connectivity index (χ0) is 13.9. The SMILES string of the molecule is COC(=O)C1(CNCC(C)(C)c2ccncc2)CC1. The minimum Gasteiger partial charge on any atom is -0.469 e. The summed E-state index contributed by atoms with van der Waals surface area (Å²) in [5.74, 6) is -0.0817. The lowest BCUT2D eigenvalue weighted by Crippen LogP contribution is -2.38. The molecule has 1 aliphatic carbocycles. The van der Waals surface area contributed by atoms with Gasteiger partial charge in [0.25, 0.3) is 0 Å². The van der Waals surface area contributed by atoms with Gasteiger partial charge in [0.2, 0.25) is 0 Å². The van der Waals surface area contributed by atoms with Crippen LogP contribution in [0.2, 0.25) is 0 Å². The van der Waals surface area contributed by atoms with Crippen LogP contribution in [0.5, 0.6) is 0 Å². The van der Waals surface area contributed by atoms with E-state index in [-0.39, 0.29) is 16.8 Å². The van der Waals surface area contributed by atoms with Gasteiger partial charge in [0.05, 0.1) is 12.5 Å². The normalized spacial score (nSPS) is 17.0. The second-order valence-corrected chi connectivity index (χ2v) is 6.00. The quantitative estimate of drug-likeness (QED) is 0.796. The second-order valence-electron chi connectivity index (χ2n) is 6.00. The third-order valence-electron chi connectivity index (χ3n) is 3.96. The molecule has 1 fully saturated rings. The van der Waals surface area contributed by atoms with E-state index < -0.39 is 0 Å². The van der Waals surface area contributed by atoms with E-state index in [9.17, 15) is 4.79 Å². The molecule has 0 aromatic carbocycles. The van der Waals surface area contributed by atoms with Gasteiger partial charge in [0.15, 0.2) is 0 Å². The Morgan fingerprint density at radius 2 is 2.05 bits per heavy atom. The number of ether oxygens (including phenoxy) is 1. The number of hydrogen-bond acceptors (Lipinski definition) is 4. The van der Waals surface area contributed by atoms with Crippen LogP contribution in [0.3, 0.4) is 0 Å². The average molecular weight is 262 g/mol. The van der Waals surface area contributed by atoms with Gasteiger partial charge in [-0.05, 0) is 30.5 Å². The van der Waals surface area contributed by atoms with E-state index in [0.29, 0.717) is 6.54 Å². The summed E-state index contributed by atoms with van der Waals surface area (Å²) in [6.07, 6.45) is 5.49. The summed E-state index contributed by atoms with van der Waals surface area (Å²) in [5, 5.41) is 3.42. The zero-order valence-corrected chi connectivity index (χ0v) is 11.9. The van der Waals surface area contributed by atoms with Crippen LogP contribution < -0.4 is 5.32 Å². The van der Waals surface area contributed by atoms with Gasteiger partial charge in [-0.25, -0.2) is 0 Å². The highest BCUT2D eigenvalue weighted by molar-refractivity contribution is 5.80. The van der Waals surface area contributed by atoms with E-state index in [1.54, 1.807) is 0 Å². The first-order chi connectivity index (χ1) is 9.00. The first-order valence-electron chi connectivity index (χ1n) is 6.70. The van der Waals surface area contributed by atoms with Crippen LogP contribution in [-0.4, -0.2) is 31.2 Å². The van der Waals surface area contributed by atoms with Crippen LogP contribution in [0.25, 0.3) is 0 Å². The maximum atomic E-state index is 11.7. The molecule has 1 N–H and O–H groups in total. The minimum atomic E-state index is -0.261. The molecule has 2 rings (SSSR count). The highest BCUT2D eigenvalue weighted by Gasteiger charge is 2.50. The highest BCUT2D eigenvalue weighted by atomic mass is 16.5. The number of esters is 1. The Labute approximate surface area is 114 Å². The summed E-state index contributed by atoms with van der Waals surface area (Å²) in [5.41, 5.74) is 1.01. The third kappa shape index (κ3) is 3.13. The molecule has 19 heavy (non-hydrogen) atoms. The van der Waals surface area contributed by atoms with E-state index in [1.165, 1.54) is 12.7 Å². The van der Waals surface area contributed by atoms with Crippen molar-refractivity contribution in [3.8, 4) is 0 Å². The average Bonchev–Trinajstić information content (AvgIpc) is 3.20. The molecule has 4 heteroatoms. The summed E-state index contributed by atoms with van der Waals surface area (Å²) >= 11 is 0. The minimum absolute atomic E-state index is 0.0230. The van der Waals surface area contributed by atoms with Crippen molar-refractivity contribution < 1.29 is 9.53 Å². The number of pyridine rings is 1. The molecule has 0 saturated heterocycles. The highest BCUT2D eigenvalue weighted by Crippen LogP contribution is 2.46. The van der Waals surface area contributed by atoms with Crippen molar-refractivity contribution in [3.05, 3.63) is 30.1 Å². The molecule has 0 atom stereocenters. The maximum Gasteiger partial charge on any atom is 0.313 e. The Morgan fingerprint density at radius 1 is 1.42 bits per heavy atom. The predicted octanol–water partition coefficient (Wildman–Crippen LogP) is 1.90. The third-order valence-corrected chi connectivity index (χ3v) is 3.96. The molecule has 0 radical (unpaired) electrons. The molecule has 0 spiro atoms. The molecule has 4 nitrogen and oxygen atoms in total. The summed E-state index contributed by atoms with van der Waals surface area (Å²) < 4.78 is 4.86. The van der Waals surface area contributed by atoms with Crippen molar-refractivity contribution in [1.29, 1.82) is 0 Å². The first kappa shape index (κ1) is 14.0. The molecule has 0 bridgehead atoms. The van der Waals surface area contributed by atoms with Crippen LogP contribution >= 0.6 is 0 Å². The first-order valence-corrected chi connectivity index (χ1v) is 6.70. The lowest BCUT2D eigenvalue weighted by atomic mass is 9.85. The Kier molecular flexibility index (Phi) is 3.90. The number of methoxy groups -OCH3 is 1. The molecule has 1 aromatic rings. The van der Waals surface area contributed by atoms with Crippen molar-refractivity contribution in [2.75, 3.05) is 20.2 Å². The number of nitrogens with one attached hydrogen (secondary N) is 1. The summed E-state index contributed by atoms with van der Waals surface area (Å²) in [7, 11) is 1.46. The topological polar surface area (TPSA) is 51.2 Å². The van der Waals surface area contributed by atoms with Gasteiger partial charge in [-0.1, -0.05) is 13.8 Å². The van der Waals surface area contributed by atoms with E-state index in [1.807, 2.05) is 24.5 Å². The molecular weight excluding hydrogens is 240 g/mol. The Morgan fingerprint density at radius 3 is 2.58 bits per heavy atom. The number of carbonyl (C=O) groups is 1. The molecule has 0 unspecified atom stereocenters. The van der Waals surface area contributed by atoms with Gasteiger partial charge >= 0.3 is 5.97 Å². The second kappa shape index (κ2) is 5.29. The summed E-state index contributed by atoms with van der Waals surface area (Å²) in [6.45, 7) is 5.91. The van der Waals surface area contributed by atoms with E-state index in [4.69, 9.17) is 4.74 Å². The van der Waals surface area contributed by atoms with Gasteiger partial charge in [-0.2, -0.15) is 0 Å². The van der Waals surface area contributed by atoms with Crippen LogP contribution in [0.1, 0.15) is 32.3 Å². The Hall–Kier alpha value is -1.42. The van der Waals surface area contributed by atoms with Gasteiger partial charge in [-0.3, -0.25) is 9.78 Å². The van der Waals surface area contributed by atoms with Crippen molar-refractivity contribution in [3.63, 3.8) is 0 Å². The lowest BCUT2D eigenvalue weighted by molar-refractivity contribution is -0.146. The molecule has 1 aromatic heterocycles. The number of nitrogens with zero attached hydrogens (tertiary/aromatic N) is 1. The fraction of sp³-hybridized carbons (Fsp3) is 0.600.